The second-order valence-corrected chi connectivity index (χ2v) is 9.85. The normalized spacial score (nSPS) is 16.7. The van der Waals surface area contributed by atoms with Gasteiger partial charge in [-0.25, -0.2) is 12.7 Å². The molecule has 0 aliphatic carbocycles. The predicted molar refractivity (Wildman–Crippen MR) is 118 cm³/mol. The van der Waals surface area contributed by atoms with Gasteiger partial charge in [-0.1, -0.05) is 41.4 Å². The van der Waals surface area contributed by atoms with E-state index < -0.39 is 21.8 Å². The number of carbonyl (C=O) groups is 2. The van der Waals surface area contributed by atoms with E-state index in [-0.39, 0.29) is 41.0 Å². The summed E-state index contributed by atoms with van der Waals surface area (Å²) in [5, 5.41) is 3.49. The Morgan fingerprint density at radius 3 is 2.43 bits per heavy atom. The zero-order chi connectivity index (χ0) is 22.1. The fraction of sp³-hybridized carbons (Fsp3) is 0.300. The number of anilines is 1. The molecule has 1 aliphatic heterocycles. The predicted octanol–water partition coefficient (Wildman–Crippen LogP) is 3.09. The molecule has 2 amide bonds. The number of carbonyl (C=O) groups excluding carboxylic acids is 2. The minimum Gasteiger partial charge on any atom is -0.350 e. The maximum atomic E-state index is 12.7. The smallest absolute Gasteiger partial charge is 0.252 e. The molecule has 10 heteroatoms. The van der Waals surface area contributed by atoms with Gasteiger partial charge in [0.1, 0.15) is 0 Å². The highest BCUT2D eigenvalue weighted by Crippen LogP contribution is 2.30. The van der Waals surface area contributed by atoms with Crippen molar-refractivity contribution >= 4 is 50.7 Å². The SMILES string of the molecule is CN(C)C(CNC(=O)c1ccc(N2C(=O)CCS2(=O)=O)cc1Cl)c1ccccc1Cl. The number of nitrogens with zero attached hydrogens (tertiary/aromatic N) is 2. The molecule has 1 N–H and O–H groups in total. The summed E-state index contributed by atoms with van der Waals surface area (Å²) < 4.78 is 24.9. The lowest BCUT2D eigenvalue weighted by molar-refractivity contribution is -0.116. The summed E-state index contributed by atoms with van der Waals surface area (Å²) in [6.45, 7) is 0.284. The van der Waals surface area contributed by atoms with Crippen molar-refractivity contribution in [2.45, 2.75) is 12.5 Å². The van der Waals surface area contributed by atoms with Crippen molar-refractivity contribution < 1.29 is 18.0 Å². The minimum absolute atomic E-state index is 0.0547. The molecule has 1 aliphatic rings. The lowest BCUT2D eigenvalue weighted by Gasteiger charge is -2.26. The van der Waals surface area contributed by atoms with Gasteiger partial charge in [0.15, 0.2) is 0 Å². The van der Waals surface area contributed by atoms with Gasteiger partial charge in [-0.15, -0.1) is 0 Å². The number of nitrogens with one attached hydrogen (secondary N) is 1. The van der Waals surface area contributed by atoms with Gasteiger partial charge >= 0.3 is 0 Å². The van der Waals surface area contributed by atoms with E-state index in [0.29, 0.717) is 5.02 Å². The summed E-state index contributed by atoms with van der Waals surface area (Å²) >= 11 is 12.5. The number of benzene rings is 2. The molecule has 0 aromatic heterocycles. The molecule has 1 unspecified atom stereocenters. The zero-order valence-corrected chi connectivity index (χ0v) is 18.8. The van der Waals surface area contributed by atoms with Crippen LogP contribution in [0.1, 0.15) is 28.4 Å². The van der Waals surface area contributed by atoms with Crippen LogP contribution >= 0.6 is 23.2 Å². The molecule has 160 valence electrons. The summed E-state index contributed by atoms with van der Waals surface area (Å²) in [6, 6.07) is 11.4. The van der Waals surface area contributed by atoms with E-state index >= 15 is 0 Å². The Morgan fingerprint density at radius 1 is 1.17 bits per heavy atom. The second kappa shape index (κ2) is 8.93. The van der Waals surface area contributed by atoms with Crippen LogP contribution in [0.2, 0.25) is 10.0 Å². The van der Waals surface area contributed by atoms with E-state index in [4.69, 9.17) is 23.2 Å². The number of halogens is 2. The second-order valence-electron chi connectivity index (χ2n) is 7.10. The maximum absolute atomic E-state index is 12.7. The Morgan fingerprint density at radius 2 is 1.87 bits per heavy atom. The molecule has 1 saturated heterocycles. The highest BCUT2D eigenvalue weighted by Gasteiger charge is 2.36. The fourth-order valence-corrected chi connectivity index (χ4v) is 5.26. The molecule has 30 heavy (non-hydrogen) atoms. The number of likely N-dealkylation sites (N-methyl/N-ethyl adjacent to an activating group) is 1. The number of rotatable bonds is 6. The third-order valence-electron chi connectivity index (χ3n) is 4.85. The first-order valence-electron chi connectivity index (χ1n) is 9.16. The minimum atomic E-state index is -3.70. The Bertz CT molecular complexity index is 1090. The van der Waals surface area contributed by atoms with Crippen molar-refractivity contribution in [1.29, 1.82) is 0 Å². The summed E-state index contributed by atoms with van der Waals surface area (Å²) in [5.74, 6) is -1.17. The van der Waals surface area contributed by atoms with Crippen LogP contribution in [0.3, 0.4) is 0 Å². The topological polar surface area (TPSA) is 86.8 Å². The van der Waals surface area contributed by atoms with Crippen LogP contribution in [-0.2, 0) is 14.8 Å². The molecule has 0 bridgehead atoms. The van der Waals surface area contributed by atoms with Gasteiger partial charge in [-0.2, -0.15) is 0 Å². The average Bonchev–Trinajstić information content (AvgIpc) is 2.95. The molecule has 7 nitrogen and oxygen atoms in total. The Balaban J connectivity index is 1.77. The summed E-state index contributed by atoms with van der Waals surface area (Å²) in [7, 11) is 0.0704. The Labute approximate surface area is 185 Å². The van der Waals surface area contributed by atoms with Crippen LogP contribution in [-0.4, -0.2) is 51.5 Å². The van der Waals surface area contributed by atoms with Crippen molar-refractivity contribution in [1.82, 2.24) is 10.2 Å². The summed E-state index contributed by atoms with van der Waals surface area (Å²) in [6.07, 6.45) is -0.0733. The number of hydrogen-bond acceptors (Lipinski definition) is 5. The van der Waals surface area contributed by atoms with Crippen molar-refractivity contribution in [3.8, 4) is 0 Å². The van der Waals surface area contributed by atoms with Gasteiger partial charge in [0.05, 0.1) is 28.1 Å². The molecule has 3 rings (SSSR count). The third kappa shape index (κ3) is 4.62. The van der Waals surface area contributed by atoms with Gasteiger partial charge in [0.2, 0.25) is 15.9 Å². The largest absolute Gasteiger partial charge is 0.350 e. The first kappa shape index (κ1) is 22.6. The van der Waals surface area contributed by atoms with Crippen molar-refractivity contribution in [2.75, 3.05) is 30.7 Å². The first-order chi connectivity index (χ1) is 14.1. The van der Waals surface area contributed by atoms with Crippen molar-refractivity contribution in [3.05, 3.63) is 63.6 Å². The Kier molecular flexibility index (Phi) is 6.71. The molecule has 1 heterocycles. The van der Waals surface area contributed by atoms with Crippen LogP contribution in [0.25, 0.3) is 0 Å². The van der Waals surface area contributed by atoms with Crippen LogP contribution < -0.4 is 9.62 Å². The number of sulfonamides is 1. The lowest BCUT2D eigenvalue weighted by Crippen LogP contribution is -2.35. The lowest BCUT2D eigenvalue weighted by atomic mass is 10.1. The van der Waals surface area contributed by atoms with Gasteiger partial charge in [-0.05, 0) is 43.9 Å². The standard InChI is InChI=1S/C20H21Cl2N3O4S/c1-24(2)18(14-5-3-4-6-16(14)21)12-23-20(27)15-8-7-13(11-17(15)22)25-19(26)9-10-30(25,28)29/h3-8,11,18H,9-10,12H2,1-2H3,(H,23,27). The van der Waals surface area contributed by atoms with Gasteiger partial charge in [0.25, 0.3) is 5.91 Å². The highest BCUT2D eigenvalue weighted by molar-refractivity contribution is 7.94. The molecular weight excluding hydrogens is 449 g/mol. The van der Waals surface area contributed by atoms with Crippen molar-refractivity contribution in [3.63, 3.8) is 0 Å². The molecule has 0 saturated carbocycles. The molecule has 2 aromatic carbocycles. The molecule has 1 fully saturated rings. The first-order valence-corrected chi connectivity index (χ1v) is 11.5. The third-order valence-corrected chi connectivity index (χ3v) is 7.20. The number of hydrogen-bond donors (Lipinski definition) is 1. The molecule has 2 aromatic rings. The van der Waals surface area contributed by atoms with E-state index in [1.807, 2.05) is 37.2 Å². The van der Waals surface area contributed by atoms with Gasteiger partial charge in [-0.3, -0.25) is 9.59 Å². The summed E-state index contributed by atoms with van der Waals surface area (Å²) in [5.41, 5.74) is 1.19. The van der Waals surface area contributed by atoms with Crippen LogP contribution in [0.4, 0.5) is 5.69 Å². The van der Waals surface area contributed by atoms with E-state index in [1.165, 1.54) is 18.2 Å². The quantitative estimate of drug-likeness (QED) is 0.702. The Hall–Kier alpha value is -2.13. The monoisotopic (exact) mass is 469 g/mol. The molecular formula is C20H21Cl2N3O4S. The van der Waals surface area contributed by atoms with Crippen molar-refractivity contribution in [2.24, 2.45) is 0 Å². The van der Waals surface area contributed by atoms with E-state index in [1.54, 1.807) is 6.07 Å². The fourth-order valence-electron chi connectivity index (χ4n) is 3.28. The number of amides is 2. The highest BCUT2D eigenvalue weighted by atomic mass is 35.5. The average molecular weight is 470 g/mol. The van der Waals surface area contributed by atoms with Crippen LogP contribution in [0, 0.1) is 0 Å². The van der Waals surface area contributed by atoms with Gasteiger partial charge in [0, 0.05) is 18.0 Å². The zero-order valence-electron chi connectivity index (χ0n) is 16.4. The van der Waals surface area contributed by atoms with E-state index in [2.05, 4.69) is 5.32 Å². The van der Waals surface area contributed by atoms with Gasteiger partial charge < -0.3 is 10.2 Å². The van der Waals surface area contributed by atoms with Crippen LogP contribution in [0.15, 0.2) is 42.5 Å². The summed E-state index contributed by atoms with van der Waals surface area (Å²) in [4.78, 5) is 26.6. The molecule has 0 radical (unpaired) electrons. The van der Waals surface area contributed by atoms with E-state index in [0.717, 1.165) is 9.87 Å². The van der Waals surface area contributed by atoms with E-state index in [9.17, 15) is 18.0 Å². The molecule has 0 spiro atoms. The maximum Gasteiger partial charge on any atom is 0.252 e. The molecule has 1 atom stereocenters. The van der Waals surface area contributed by atoms with Crippen LogP contribution in [0.5, 0.6) is 0 Å².